The van der Waals surface area contributed by atoms with Crippen LogP contribution >= 0.6 is 23.1 Å². The highest BCUT2D eigenvalue weighted by Gasteiger charge is 2.26. The van der Waals surface area contributed by atoms with Crippen molar-refractivity contribution in [1.29, 1.82) is 0 Å². The first kappa shape index (κ1) is 18.5. The maximum Gasteiger partial charge on any atom is 0.244 e. The van der Waals surface area contributed by atoms with Crippen LogP contribution in [0.4, 0.5) is 0 Å². The van der Waals surface area contributed by atoms with E-state index in [2.05, 4.69) is 55.5 Å². The molecule has 0 amide bonds. The highest BCUT2D eigenvalue weighted by atomic mass is 35.5. The summed E-state index contributed by atoms with van der Waals surface area (Å²) in [5, 5.41) is 8.25. The second-order valence-corrected chi connectivity index (χ2v) is 8.16. The third-order valence-electron chi connectivity index (χ3n) is 4.95. The summed E-state index contributed by atoms with van der Waals surface area (Å²) in [5.74, 6) is 1.30. The van der Waals surface area contributed by atoms with Crippen LogP contribution in [0.5, 0.6) is 0 Å². The van der Waals surface area contributed by atoms with Gasteiger partial charge in [-0.2, -0.15) is 4.98 Å². The van der Waals surface area contributed by atoms with Crippen molar-refractivity contribution in [2.45, 2.75) is 26.4 Å². The van der Waals surface area contributed by atoms with Crippen LogP contribution in [0.3, 0.4) is 0 Å². The number of piperazine rings is 1. The number of hydrogen-bond donors (Lipinski definition) is 0. The van der Waals surface area contributed by atoms with Gasteiger partial charge in [0.1, 0.15) is 10.0 Å². The van der Waals surface area contributed by atoms with E-state index in [0.717, 1.165) is 44.0 Å². The van der Waals surface area contributed by atoms with E-state index in [4.69, 9.17) is 16.1 Å². The molecule has 0 bridgehead atoms. The van der Waals surface area contributed by atoms with Gasteiger partial charge in [0.15, 0.2) is 0 Å². The molecule has 3 heterocycles. The number of aryl methyl sites for hydroxylation is 1. The van der Waals surface area contributed by atoms with Crippen LogP contribution in [-0.2, 0) is 6.54 Å². The van der Waals surface area contributed by atoms with Gasteiger partial charge in [-0.15, -0.1) is 5.10 Å². The van der Waals surface area contributed by atoms with Crippen molar-refractivity contribution < 1.29 is 4.52 Å². The Morgan fingerprint density at radius 2 is 1.93 bits per heavy atom. The van der Waals surface area contributed by atoms with E-state index in [0.29, 0.717) is 16.1 Å². The number of benzene rings is 1. The first-order valence-electron chi connectivity index (χ1n) is 8.94. The summed E-state index contributed by atoms with van der Waals surface area (Å²) < 4.78 is 10.1. The van der Waals surface area contributed by atoms with Crippen LogP contribution in [0, 0.1) is 6.92 Å². The van der Waals surface area contributed by atoms with Crippen molar-refractivity contribution in [3.05, 3.63) is 45.7 Å². The van der Waals surface area contributed by atoms with E-state index in [1.54, 1.807) is 0 Å². The third-order valence-corrected chi connectivity index (χ3v) is 5.93. The van der Waals surface area contributed by atoms with Gasteiger partial charge in [0, 0.05) is 49.8 Å². The monoisotopic (exact) mass is 404 g/mol. The maximum atomic E-state index is 6.11. The van der Waals surface area contributed by atoms with E-state index in [9.17, 15) is 0 Å². The fourth-order valence-electron chi connectivity index (χ4n) is 3.19. The van der Waals surface area contributed by atoms with Gasteiger partial charge >= 0.3 is 0 Å². The fraction of sp³-hybridized carbons (Fsp3) is 0.444. The minimum atomic E-state index is 0.0865. The lowest BCUT2D eigenvalue weighted by Gasteiger charge is -2.36. The number of halogens is 1. The molecule has 0 radical (unpaired) electrons. The Bertz CT molecular complexity index is 887. The Labute approximate surface area is 167 Å². The van der Waals surface area contributed by atoms with Gasteiger partial charge in [0.2, 0.25) is 11.7 Å². The first-order valence-corrected chi connectivity index (χ1v) is 10.1. The molecule has 4 rings (SSSR count). The average molecular weight is 405 g/mol. The van der Waals surface area contributed by atoms with Gasteiger partial charge in [0.05, 0.1) is 6.04 Å². The lowest BCUT2D eigenvalue weighted by atomic mass is 10.1. The van der Waals surface area contributed by atoms with Crippen molar-refractivity contribution in [2.24, 2.45) is 0 Å². The molecule has 1 aliphatic rings. The number of aromatic nitrogens is 4. The SMILES string of the molecule is Cc1ccc(-c2noc(C(C)N3CCN(Cc4nnsc4Cl)CC3)n2)cc1. The summed E-state index contributed by atoms with van der Waals surface area (Å²) in [4.78, 5) is 9.32. The lowest BCUT2D eigenvalue weighted by molar-refractivity contribution is 0.0839. The molecule has 0 spiro atoms. The van der Waals surface area contributed by atoms with Crippen molar-refractivity contribution >= 4 is 23.1 Å². The summed E-state index contributed by atoms with van der Waals surface area (Å²) in [5.41, 5.74) is 3.05. The van der Waals surface area contributed by atoms with E-state index >= 15 is 0 Å². The Balaban J connectivity index is 1.36. The van der Waals surface area contributed by atoms with E-state index in [-0.39, 0.29) is 6.04 Å². The molecule has 27 heavy (non-hydrogen) atoms. The topological polar surface area (TPSA) is 71.2 Å². The fourth-order valence-corrected chi connectivity index (χ4v) is 3.80. The van der Waals surface area contributed by atoms with Gasteiger partial charge in [-0.1, -0.05) is 51.1 Å². The second-order valence-electron chi connectivity index (χ2n) is 6.80. The van der Waals surface area contributed by atoms with E-state index in [1.807, 2.05) is 12.1 Å². The van der Waals surface area contributed by atoms with Gasteiger partial charge in [-0.05, 0) is 13.8 Å². The van der Waals surface area contributed by atoms with Crippen LogP contribution in [-0.4, -0.2) is 55.7 Å². The van der Waals surface area contributed by atoms with Gasteiger partial charge in [-0.25, -0.2) is 0 Å². The molecule has 1 saturated heterocycles. The molecule has 3 aromatic rings. The molecule has 0 N–H and O–H groups in total. The molecular formula is C18H21ClN6OS. The molecule has 1 aromatic carbocycles. The van der Waals surface area contributed by atoms with E-state index < -0.39 is 0 Å². The minimum Gasteiger partial charge on any atom is -0.337 e. The predicted octanol–water partition coefficient (Wildman–Crippen LogP) is 3.43. The summed E-state index contributed by atoms with van der Waals surface area (Å²) in [6.07, 6.45) is 0. The van der Waals surface area contributed by atoms with E-state index in [1.165, 1.54) is 17.1 Å². The Kier molecular flexibility index (Phi) is 5.49. The third kappa shape index (κ3) is 4.19. The van der Waals surface area contributed by atoms with Crippen LogP contribution in [0.1, 0.15) is 30.1 Å². The smallest absolute Gasteiger partial charge is 0.244 e. The Hall–Kier alpha value is -1.87. The quantitative estimate of drug-likeness (QED) is 0.645. The molecule has 1 aliphatic heterocycles. The van der Waals surface area contributed by atoms with Crippen molar-refractivity contribution in [1.82, 2.24) is 29.5 Å². The molecule has 2 aromatic heterocycles. The normalized spacial score (nSPS) is 17.3. The minimum absolute atomic E-state index is 0.0865. The van der Waals surface area contributed by atoms with Crippen LogP contribution in [0.2, 0.25) is 4.34 Å². The Morgan fingerprint density at radius 1 is 1.19 bits per heavy atom. The standard InChI is InChI=1S/C18H21ClN6OS/c1-12-3-5-14(6-4-12)17-20-18(26-22-17)13(2)25-9-7-24(8-10-25)11-15-16(19)27-23-21-15/h3-6,13H,7-11H2,1-2H3. The summed E-state index contributed by atoms with van der Waals surface area (Å²) >= 11 is 7.34. The zero-order chi connectivity index (χ0) is 18.8. The first-order chi connectivity index (χ1) is 13.1. The number of hydrogen-bond acceptors (Lipinski definition) is 8. The molecule has 9 heteroatoms. The summed E-state index contributed by atoms with van der Waals surface area (Å²) in [6, 6.07) is 8.23. The average Bonchev–Trinajstić information content (AvgIpc) is 3.32. The van der Waals surface area contributed by atoms with Gasteiger partial charge < -0.3 is 4.52 Å². The van der Waals surface area contributed by atoms with Crippen molar-refractivity contribution in [3.63, 3.8) is 0 Å². The zero-order valence-electron chi connectivity index (χ0n) is 15.3. The lowest BCUT2D eigenvalue weighted by Crippen LogP contribution is -2.46. The highest BCUT2D eigenvalue weighted by molar-refractivity contribution is 7.10. The molecule has 1 fully saturated rings. The van der Waals surface area contributed by atoms with Crippen molar-refractivity contribution in [3.8, 4) is 11.4 Å². The maximum absolute atomic E-state index is 6.11. The largest absolute Gasteiger partial charge is 0.337 e. The second kappa shape index (κ2) is 8.02. The van der Waals surface area contributed by atoms with Crippen molar-refractivity contribution in [2.75, 3.05) is 26.2 Å². The highest BCUT2D eigenvalue weighted by Crippen LogP contribution is 2.25. The predicted molar refractivity (Wildman–Crippen MR) is 105 cm³/mol. The molecular weight excluding hydrogens is 384 g/mol. The van der Waals surface area contributed by atoms with Crippen LogP contribution in [0.25, 0.3) is 11.4 Å². The van der Waals surface area contributed by atoms with Crippen LogP contribution in [0.15, 0.2) is 28.8 Å². The molecule has 142 valence electrons. The number of nitrogens with zero attached hydrogens (tertiary/aromatic N) is 6. The number of rotatable bonds is 5. The van der Waals surface area contributed by atoms with Gasteiger partial charge in [-0.3, -0.25) is 9.80 Å². The Morgan fingerprint density at radius 3 is 2.59 bits per heavy atom. The zero-order valence-corrected chi connectivity index (χ0v) is 16.9. The summed E-state index contributed by atoms with van der Waals surface area (Å²) in [6.45, 7) is 8.66. The molecule has 1 unspecified atom stereocenters. The van der Waals surface area contributed by atoms with Crippen LogP contribution < -0.4 is 0 Å². The molecule has 0 aliphatic carbocycles. The molecule has 7 nitrogen and oxygen atoms in total. The summed E-state index contributed by atoms with van der Waals surface area (Å²) in [7, 11) is 0. The van der Waals surface area contributed by atoms with Gasteiger partial charge in [0.25, 0.3) is 0 Å². The molecule has 0 saturated carbocycles. The molecule has 1 atom stereocenters.